The van der Waals surface area contributed by atoms with Crippen molar-refractivity contribution < 1.29 is 0 Å². The molecule has 0 saturated heterocycles. The van der Waals surface area contributed by atoms with Gasteiger partial charge in [0.15, 0.2) is 0 Å². The lowest BCUT2D eigenvalue weighted by Crippen LogP contribution is -1.86. The van der Waals surface area contributed by atoms with Crippen molar-refractivity contribution in [2.45, 2.75) is 78.1 Å². The first kappa shape index (κ1) is 16.5. The van der Waals surface area contributed by atoms with E-state index in [2.05, 4.69) is 13.8 Å². The second kappa shape index (κ2) is 13.6. The van der Waals surface area contributed by atoms with Gasteiger partial charge >= 0.3 is 0 Å². The fourth-order valence-corrected chi connectivity index (χ4v) is 4.05. The molecule has 0 aromatic rings. The Kier molecular flexibility index (Phi) is 14.0. The van der Waals surface area contributed by atoms with Crippen LogP contribution in [0, 0.1) is 0 Å². The molecule has 0 rings (SSSR count). The summed E-state index contributed by atoms with van der Waals surface area (Å²) in [5.74, 6) is 0. The third kappa shape index (κ3) is 12.6. The van der Waals surface area contributed by atoms with E-state index < -0.39 is 0 Å². The summed E-state index contributed by atoms with van der Waals surface area (Å²) in [7, 11) is 0. The highest BCUT2D eigenvalue weighted by atomic mass is 32.4. The van der Waals surface area contributed by atoms with Crippen molar-refractivity contribution in [2.75, 3.05) is 12.3 Å². The van der Waals surface area contributed by atoms with Crippen molar-refractivity contribution in [3.63, 3.8) is 0 Å². The van der Waals surface area contributed by atoms with Crippen LogP contribution in [-0.4, -0.2) is 12.3 Å². The van der Waals surface area contributed by atoms with Gasteiger partial charge in [0.05, 0.1) is 0 Å². The molecular formula is C14H30PS. The van der Waals surface area contributed by atoms with Crippen molar-refractivity contribution in [3.8, 4) is 0 Å². The number of unbranched alkanes of at least 4 members (excludes halogenated alkanes) is 8. The molecule has 0 aliphatic carbocycles. The Bertz CT molecular complexity index is 141. The molecule has 0 aromatic carbocycles. The molecule has 0 bridgehead atoms. The lowest BCUT2D eigenvalue weighted by atomic mass is 10.2. The van der Waals surface area contributed by atoms with Crippen LogP contribution in [0.3, 0.4) is 0 Å². The summed E-state index contributed by atoms with van der Waals surface area (Å²) in [6, 6.07) is 0. The Morgan fingerprint density at radius 3 is 1.38 bits per heavy atom. The van der Waals surface area contributed by atoms with Gasteiger partial charge in [0.1, 0.15) is 0 Å². The Morgan fingerprint density at radius 2 is 1.00 bits per heavy atom. The van der Waals surface area contributed by atoms with Gasteiger partial charge in [-0.3, -0.25) is 0 Å². The molecule has 0 unspecified atom stereocenters. The summed E-state index contributed by atoms with van der Waals surface area (Å²) in [6.45, 7) is 4.51. The smallest absolute Gasteiger partial charge is 0.00805 e. The molecule has 1 radical (unpaired) electrons. The van der Waals surface area contributed by atoms with Crippen LogP contribution in [0.15, 0.2) is 0 Å². The van der Waals surface area contributed by atoms with Gasteiger partial charge in [-0.2, -0.15) is 0 Å². The minimum atomic E-state index is -0.0390. The van der Waals surface area contributed by atoms with Crippen LogP contribution in [0.5, 0.6) is 0 Å². The highest BCUT2D eigenvalue weighted by molar-refractivity contribution is 8.05. The zero-order valence-corrected chi connectivity index (χ0v) is 13.1. The Hall–Kier alpha value is 0.520. The monoisotopic (exact) mass is 261 g/mol. The maximum absolute atomic E-state index is 5.56. The predicted molar refractivity (Wildman–Crippen MR) is 81.5 cm³/mol. The molecule has 16 heavy (non-hydrogen) atoms. The van der Waals surface area contributed by atoms with Crippen LogP contribution in [0.25, 0.3) is 0 Å². The van der Waals surface area contributed by atoms with Crippen LogP contribution in [0.2, 0.25) is 0 Å². The van der Waals surface area contributed by atoms with E-state index in [1.54, 1.807) is 0 Å². The van der Waals surface area contributed by atoms with Crippen LogP contribution in [0.1, 0.15) is 78.1 Å². The van der Waals surface area contributed by atoms with Crippen molar-refractivity contribution in [3.05, 3.63) is 0 Å². The molecule has 0 aliphatic heterocycles. The van der Waals surface area contributed by atoms with Gasteiger partial charge in [-0.05, 0) is 25.2 Å². The first-order valence-corrected chi connectivity index (χ1v) is 9.95. The average molecular weight is 261 g/mol. The van der Waals surface area contributed by atoms with E-state index in [1.165, 1.54) is 76.5 Å². The lowest BCUT2D eigenvalue weighted by molar-refractivity contribution is 0.653. The molecule has 0 aliphatic rings. The summed E-state index contributed by atoms with van der Waals surface area (Å²) in [4.78, 5) is 0. The standard InChI is InChI=1S/C14H30PS/c1-3-5-7-9-11-13-15(16)14-12-10-8-6-4-2/h3-14H2,1-2H3. The van der Waals surface area contributed by atoms with Crippen LogP contribution in [-0.2, 0) is 11.8 Å². The largest absolute Gasteiger partial charge is 0.0809 e. The predicted octanol–water partition coefficient (Wildman–Crippen LogP) is 5.87. The van der Waals surface area contributed by atoms with Gasteiger partial charge in [0, 0.05) is 0 Å². The van der Waals surface area contributed by atoms with Crippen molar-refractivity contribution in [2.24, 2.45) is 0 Å². The molecule has 0 aromatic heterocycles. The van der Waals surface area contributed by atoms with E-state index in [4.69, 9.17) is 11.8 Å². The van der Waals surface area contributed by atoms with Gasteiger partial charge in [-0.15, -0.1) is 0 Å². The molecule has 0 atom stereocenters. The van der Waals surface area contributed by atoms with Gasteiger partial charge in [-0.25, -0.2) is 0 Å². The summed E-state index contributed by atoms with van der Waals surface area (Å²) in [5, 5.41) is 0. The van der Waals surface area contributed by atoms with Crippen molar-refractivity contribution >= 4 is 18.5 Å². The maximum Gasteiger partial charge on any atom is -0.00805 e. The second-order valence-electron chi connectivity index (χ2n) is 4.76. The zero-order chi connectivity index (χ0) is 12.1. The summed E-state index contributed by atoms with van der Waals surface area (Å²) >= 11 is 5.56. The maximum atomic E-state index is 5.56. The zero-order valence-electron chi connectivity index (χ0n) is 11.3. The van der Waals surface area contributed by atoms with E-state index in [0.717, 1.165) is 0 Å². The van der Waals surface area contributed by atoms with E-state index in [-0.39, 0.29) is 6.70 Å². The highest BCUT2D eigenvalue weighted by Gasteiger charge is 1.97. The second-order valence-corrected chi connectivity index (χ2v) is 8.16. The Balaban J connectivity index is 3.12. The molecule has 0 N–H and O–H groups in total. The molecule has 2 heteroatoms. The summed E-state index contributed by atoms with van der Waals surface area (Å²) < 4.78 is 0. The number of rotatable bonds is 12. The summed E-state index contributed by atoms with van der Waals surface area (Å²) in [6.07, 6.45) is 16.7. The van der Waals surface area contributed by atoms with E-state index >= 15 is 0 Å². The number of hydrogen-bond acceptors (Lipinski definition) is 1. The van der Waals surface area contributed by atoms with Gasteiger partial charge in [-0.1, -0.05) is 83.7 Å². The molecular weight excluding hydrogens is 231 g/mol. The molecule has 0 spiro atoms. The van der Waals surface area contributed by atoms with E-state index in [1.807, 2.05) is 0 Å². The SMILES string of the molecule is CCCCCCC[P](=S)CCCCCCC. The quantitative estimate of drug-likeness (QED) is 0.313. The molecule has 0 nitrogen and oxygen atoms in total. The van der Waals surface area contributed by atoms with E-state index in [0.29, 0.717) is 0 Å². The van der Waals surface area contributed by atoms with Crippen molar-refractivity contribution in [1.82, 2.24) is 0 Å². The van der Waals surface area contributed by atoms with E-state index in [9.17, 15) is 0 Å². The first-order chi connectivity index (χ1) is 7.81. The van der Waals surface area contributed by atoms with Gasteiger partial charge in [0.25, 0.3) is 0 Å². The molecule has 97 valence electrons. The molecule has 0 heterocycles. The van der Waals surface area contributed by atoms with Crippen LogP contribution >= 0.6 is 6.70 Å². The normalized spacial score (nSPS) is 10.6. The van der Waals surface area contributed by atoms with Gasteiger partial charge in [0.2, 0.25) is 0 Å². The highest BCUT2D eigenvalue weighted by Crippen LogP contribution is 2.25. The van der Waals surface area contributed by atoms with Crippen LogP contribution in [0.4, 0.5) is 0 Å². The number of hydrogen-bond donors (Lipinski definition) is 0. The molecule has 0 fully saturated rings. The summed E-state index contributed by atoms with van der Waals surface area (Å²) in [5.41, 5.74) is 0. The molecule has 0 saturated carbocycles. The Morgan fingerprint density at radius 1 is 0.625 bits per heavy atom. The fourth-order valence-electron chi connectivity index (χ4n) is 1.90. The Labute approximate surface area is 109 Å². The van der Waals surface area contributed by atoms with Crippen molar-refractivity contribution in [1.29, 1.82) is 0 Å². The lowest BCUT2D eigenvalue weighted by Gasteiger charge is -2.04. The average Bonchev–Trinajstić information content (AvgIpc) is 2.28. The molecule has 0 amide bonds. The van der Waals surface area contributed by atoms with Gasteiger partial charge < -0.3 is 0 Å². The third-order valence-electron chi connectivity index (χ3n) is 3.02. The van der Waals surface area contributed by atoms with Crippen LogP contribution < -0.4 is 0 Å². The first-order valence-electron chi connectivity index (χ1n) is 7.23. The third-order valence-corrected chi connectivity index (χ3v) is 5.75. The fraction of sp³-hybridized carbons (Fsp3) is 1.00. The minimum absolute atomic E-state index is 0.0390. The minimum Gasteiger partial charge on any atom is -0.0809 e. The topological polar surface area (TPSA) is 0 Å².